The molecule has 1 aromatic heterocycles. The molecule has 1 saturated heterocycles. The molecule has 5 rings (SSSR count). The van der Waals surface area contributed by atoms with Crippen LogP contribution in [0.15, 0.2) is 79.0 Å². The second-order valence-electron chi connectivity index (χ2n) is 9.18. The van der Waals surface area contributed by atoms with Gasteiger partial charge < -0.3 is 20.2 Å². The first-order chi connectivity index (χ1) is 17.9. The molecule has 3 aromatic rings. The highest BCUT2D eigenvalue weighted by molar-refractivity contribution is 6.06. The second kappa shape index (κ2) is 10.2. The van der Waals surface area contributed by atoms with Crippen molar-refractivity contribution < 1.29 is 24.3 Å². The number of carboxylic acids is 1. The summed E-state index contributed by atoms with van der Waals surface area (Å²) in [4.78, 5) is 59.4. The Morgan fingerprint density at radius 2 is 1.65 bits per heavy atom. The minimum Gasteiger partial charge on any atom is -0.480 e. The summed E-state index contributed by atoms with van der Waals surface area (Å²) in [5.74, 6) is -2.47. The predicted molar refractivity (Wildman–Crippen MR) is 136 cm³/mol. The minimum atomic E-state index is -1.24. The van der Waals surface area contributed by atoms with Gasteiger partial charge in [-0.15, -0.1) is 0 Å². The molecule has 2 aromatic carbocycles. The summed E-state index contributed by atoms with van der Waals surface area (Å²) in [5, 5.41) is 14.3. The van der Waals surface area contributed by atoms with E-state index in [1.54, 1.807) is 42.5 Å². The Morgan fingerprint density at radius 3 is 2.43 bits per heavy atom. The third kappa shape index (κ3) is 4.80. The topological polar surface area (TPSA) is 120 Å². The first-order valence-electron chi connectivity index (χ1n) is 12.1. The van der Waals surface area contributed by atoms with Crippen molar-refractivity contribution in [1.82, 2.24) is 20.1 Å². The molecule has 0 spiro atoms. The van der Waals surface area contributed by atoms with E-state index in [1.807, 2.05) is 30.4 Å². The summed E-state index contributed by atoms with van der Waals surface area (Å²) in [6, 6.07) is 15.0. The van der Waals surface area contributed by atoms with Crippen LogP contribution < -0.4 is 5.32 Å². The van der Waals surface area contributed by atoms with E-state index in [4.69, 9.17) is 0 Å². The number of amides is 3. The molecule has 0 radical (unpaired) electrons. The molecule has 2 aliphatic heterocycles. The number of nitrogens with zero attached hydrogens (tertiary/aromatic N) is 3. The molecule has 0 saturated carbocycles. The van der Waals surface area contributed by atoms with Gasteiger partial charge in [-0.05, 0) is 36.4 Å². The third-order valence-electron chi connectivity index (χ3n) is 6.84. The highest BCUT2D eigenvalue weighted by atomic mass is 16.4. The standard InChI is InChI=1S/C28H26N4O5/c33-25(24-21-12-6-4-8-18(21)14-15-29-24)30-22-13-7-5-11-20-16-31(26(34)19-9-2-1-3-10-19)17-23(28(36)37)32(20)27(22)35/h1-10,12,14-15,20,22-23H,11,13,16-17H2,(H,30,33)(H,36,37)/b7-5-/t20-,22-,23-/m0/s1. The maximum atomic E-state index is 13.7. The number of carboxylic acid groups (broad SMARTS) is 1. The molecule has 9 nitrogen and oxygen atoms in total. The van der Waals surface area contributed by atoms with Crippen LogP contribution in [0.4, 0.5) is 0 Å². The van der Waals surface area contributed by atoms with E-state index in [-0.39, 0.29) is 31.1 Å². The van der Waals surface area contributed by atoms with Crippen molar-refractivity contribution in [3.63, 3.8) is 0 Å². The van der Waals surface area contributed by atoms with E-state index in [1.165, 1.54) is 16.0 Å². The molecule has 0 unspecified atom stereocenters. The Kier molecular flexibility index (Phi) is 6.68. The predicted octanol–water partition coefficient (Wildman–Crippen LogP) is 2.49. The number of fused-ring (bicyclic) bond motifs is 2. The maximum Gasteiger partial charge on any atom is 0.328 e. The van der Waals surface area contributed by atoms with E-state index >= 15 is 0 Å². The lowest BCUT2D eigenvalue weighted by atomic mass is 9.96. The van der Waals surface area contributed by atoms with Gasteiger partial charge >= 0.3 is 5.97 Å². The number of carbonyl (C=O) groups excluding carboxylic acids is 3. The smallest absolute Gasteiger partial charge is 0.328 e. The van der Waals surface area contributed by atoms with Crippen LogP contribution in [0.1, 0.15) is 33.7 Å². The number of aliphatic carboxylic acids is 1. The molecule has 2 aliphatic rings. The fraction of sp³-hybridized carbons (Fsp3) is 0.250. The van der Waals surface area contributed by atoms with Crippen LogP contribution in [0.5, 0.6) is 0 Å². The number of nitrogens with one attached hydrogen (secondary N) is 1. The van der Waals surface area contributed by atoms with Gasteiger partial charge in [0.25, 0.3) is 11.8 Å². The van der Waals surface area contributed by atoms with E-state index < -0.39 is 35.9 Å². The molecule has 0 bridgehead atoms. The summed E-state index contributed by atoms with van der Waals surface area (Å²) >= 11 is 0. The van der Waals surface area contributed by atoms with Crippen molar-refractivity contribution in [2.45, 2.75) is 31.0 Å². The monoisotopic (exact) mass is 498 g/mol. The Morgan fingerprint density at radius 1 is 0.919 bits per heavy atom. The first-order valence-corrected chi connectivity index (χ1v) is 12.1. The van der Waals surface area contributed by atoms with Crippen LogP contribution in [-0.2, 0) is 9.59 Å². The zero-order chi connectivity index (χ0) is 25.9. The van der Waals surface area contributed by atoms with Gasteiger partial charge in [0.1, 0.15) is 17.8 Å². The van der Waals surface area contributed by atoms with Gasteiger partial charge in [-0.2, -0.15) is 0 Å². The van der Waals surface area contributed by atoms with Gasteiger partial charge in [-0.1, -0.05) is 54.6 Å². The van der Waals surface area contributed by atoms with Crippen molar-refractivity contribution in [1.29, 1.82) is 0 Å². The zero-order valence-corrected chi connectivity index (χ0v) is 20.0. The number of carbonyl (C=O) groups is 4. The molecule has 0 aliphatic carbocycles. The van der Waals surface area contributed by atoms with E-state index in [9.17, 15) is 24.3 Å². The molecule has 188 valence electrons. The molecular weight excluding hydrogens is 472 g/mol. The summed E-state index contributed by atoms with van der Waals surface area (Å²) in [6.45, 7) is 0.0553. The van der Waals surface area contributed by atoms with Crippen LogP contribution in [0.3, 0.4) is 0 Å². The van der Waals surface area contributed by atoms with Crippen molar-refractivity contribution in [3.05, 3.63) is 90.3 Å². The average molecular weight is 499 g/mol. The van der Waals surface area contributed by atoms with E-state index in [0.717, 1.165) is 5.39 Å². The van der Waals surface area contributed by atoms with Crippen molar-refractivity contribution in [3.8, 4) is 0 Å². The fourth-order valence-corrected chi connectivity index (χ4v) is 5.03. The van der Waals surface area contributed by atoms with Crippen molar-refractivity contribution >= 4 is 34.5 Å². The van der Waals surface area contributed by atoms with Crippen LogP contribution >= 0.6 is 0 Å². The quantitative estimate of drug-likeness (QED) is 0.534. The first kappa shape index (κ1) is 24.2. The van der Waals surface area contributed by atoms with Crippen LogP contribution in [0.25, 0.3) is 10.8 Å². The second-order valence-corrected chi connectivity index (χ2v) is 9.18. The molecular formula is C28H26N4O5. The highest BCUT2D eigenvalue weighted by Gasteiger charge is 2.45. The SMILES string of the molecule is O=C(N[C@H]1C/C=C\C[C@H]2CN(C(=O)c3ccccc3)C[C@@H](C(=O)O)N2C1=O)c1nccc2ccccc12. The van der Waals surface area contributed by atoms with Gasteiger partial charge in [-0.3, -0.25) is 19.4 Å². The Hall–Kier alpha value is -4.53. The Bertz CT molecular complexity index is 1380. The fourth-order valence-electron chi connectivity index (χ4n) is 5.03. The summed E-state index contributed by atoms with van der Waals surface area (Å²) in [7, 11) is 0. The van der Waals surface area contributed by atoms with Crippen molar-refractivity contribution in [2.24, 2.45) is 0 Å². The maximum absolute atomic E-state index is 13.7. The van der Waals surface area contributed by atoms with Crippen molar-refractivity contribution in [2.75, 3.05) is 13.1 Å². The van der Waals surface area contributed by atoms with Gasteiger partial charge in [-0.25, -0.2) is 4.79 Å². The number of hydrogen-bond donors (Lipinski definition) is 2. The molecule has 3 atom stereocenters. The summed E-state index contributed by atoms with van der Waals surface area (Å²) in [6.07, 6.45) is 5.84. The minimum absolute atomic E-state index is 0.138. The Balaban J connectivity index is 1.41. The lowest BCUT2D eigenvalue weighted by Gasteiger charge is -2.46. The lowest BCUT2D eigenvalue weighted by Crippen LogP contribution is -2.66. The molecule has 3 amide bonds. The van der Waals surface area contributed by atoms with Crippen LogP contribution in [-0.4, -0.2) is 74.8 Å². The summed E-state index contributed by atoms with van der Waals surface area (Å²) in [5.41, 5.74) is 0.655. The van der Waals surface area contributed by atoms with E-state index in [2.05, 4.69) is 10.3 Å². The van der Waals surface area contributed by atoms with Gasteiger partial charge in [0.05, 0.1) is 12.6 Å². The number of hydrogen-bond acceptors (Lipinski definition) is 5. The number of rotatable bonds is 4. The Labute approximate surface area is 213 Å². The van der Waals surface area contributed by atoms with Gasteiger partial charge in [0.15, 0.2) is 0 Å². The normalized spacial score (nSPS) is 22.5. The number of piperazine rings is 1. The molecule has 37 heavy (non-hydrogen) atoms. The molecule has 2 N–H and O–H groups in total. The lowest BCUT2D eigenvalue weighted by molar-refractivity contribution is -0.157. The molecule has 9 heteroatoms. The number of aromatic nitrogens is 1. The number of pyridine rings is 1. The average Bonchev–Trinajstić information content (AvgIpc) is 2.92. The largest absolute Gasteiger partial charge is 0.480 e. The third-order valence-corrected chi connectivity index (χ3v) is 6.84. The van der Waals surface area contributed by atoms with Gasteiger partial charge in [0, 0.05) is 23.7 Å². The zero-order valence-electron chi connectivity index (χ0n) is 20.0. The highest BCUT2D eigenvalue weighted by Crippen LogP contribution is 2.25. The van der Waals surface area contributed by atoms with Gasteiger partial charge in [0.2, 0.25) is 5.91 Å². The molecule has 1 fully saturated rings. The number of benzene rings is 2. The van der Waals surface area contributed by atoms with Crippen LogP contribution in [0.2, 0.25) is 0 Å². The van der Waals surface area contributed by atoms with Crippen LogP contribution in [0, 0.1) is 0 Å². The summed E-state index contributed by atoms with van der Waals surface area (Å²) < 4.78 is 0. The van der Waals surface area contributed by atoms with E-state index in [0.29, 0.717) is 17.4 Å². The molecule has 3 heterocycles.